The van der Waals surface area contributed by atoms with Gasteiger partial charge in [-0.1, -0.05) is 43.5 Å². The molecule has 0 amide bonds. The lowest BCUT2D eigenvalue weighted by Crippen LogP contribution is -2.42. The third-order valence-corrected chi connectivity index (χ3v) is 6.82. The van der Waals surface area contributed by atoms with E-state index in [0.29, 0.717) is 12.1 Å². The molecule has 32 heavy (non-hydrogen) atoms. The number of nitrogens with one attached hydrogen (secondary N) is 1. The Balaban J connectivity index is 1.75. The average molecular weight is 434 g/mol. The summed E-state index contributed by atoms with van der Waals surface area (Å²) in [5.41, 5.74) is 4.25. The lowest BCUT2D eigenvalue weighted by molar-refractivity contribution is 0.257. The van der Waals surface area contributed by atoms with Crippen LogP contribution in [0.5, 0.6) is 0 Å². The van der Waals surface area contributed by atoms with Gasteiger partial charge < -0.3 is 10.2 Å². The highest BCUT2D eigenvalue weighted by Crippen LogP contribution is 2.26. The van der Waals surface area contributed by atoms with E-state index in [2.05, 4.69) is 54.4 Å². The predicted molar refractivity (Wildman–Crippen MR) is 134 cm³/mol. The number of aryl methyl sites for hydroxylation is 1. The summed E-state index contributed by atoms with van der Waals surface area (Å²) in [5.74, 6) is 0.871. The van der Waals surface area contributed by atoms with Gasteiger partial charge in [0.15, 0.2) is 0 Å². The zero-order valence-corrected chi connectivity index (χ0v) is 19.5. The molecule has 1 atom stereocenters. The maximum Gasteiger partial charge on any atom is 0.126 e. The van der Waals surface area contributed by atoms with Gasteiger partial charge in [0, 0.05) is 35.6 Å². The highest BCUT2D eigenvalue weighted by molar-refractivity contribution is 6.01. The van der Waals surface area contributed by atoms with Crippen molar-refractivity contribution in [1.82, 2.24) is 4.90 Å². The van der Waals surface area contributed by atoms with Crippen LogP contribution in [0.15, 0.2) is 59.6 Å². The summed E-state index contributed by atoms with van der Waals surface area (Å²) in [7, 11) is 0. The van der Waals surface area contributed by atoms with Crippen LogP contribution in [0.3, 0.4) is 0 Å². The number of aliphatic imine (C=N–C) groups is 1. The monoisotopic (exact) mass is 433 g/mol. The summed E-state index contributed by atoms with van der Waals surface area (Å²) in [6, 6.07) is 15.9. The topological polar surface area (TPSA) is 27.6 Å². The van der Waals surface area contributed by atoms with Crippen molar-refractivity contribution in [2.24, 2.45) is 4.99 Å². The van der Waals surface area contributed by atoms with Crippen LogP contribution in [0.4, 0.5) is 10.1 Å². The van der Waals surface area contributed by atoms with Crippen molar-refractivity contribution < 1.29 is 4.39 Å². The van der Waals surface area contributed by atoms with E-state index in [4.69, 9.17) is 4.99 Å². The zero-order valence-electron chi connectivity index (χ0n) is 19.5. The van der Waals surface area contributed by atoms with Gasteiger partial charge in [-0.25, -0.2) is 4.39 Å². The Morgan fingerprint density at radius 2 is 1.69 bits per heavy atom. The molecule has 1 saturated carbocycles. The number of amidine groups is 1. The van der Waals surface area contributed by atoms with E-state index in [-0.39, 0.29) is 5.82 Å². The highest BCUT2D eigenvalue weighted by Gasteiger charge is 2.23. The summed E-state index contributed by atoms with van der Waals surface area (Å²) >= 11 is 0. The van der Waals surface area contributed by atoms with Gasteiger partial charge in [0.25, 0.3) is 0 Å². The first-order chi connectivity index (χ1) is 15.6. The molecule has 4 rings (SSSR count). The summed E-state index contributed by atoms with van der Waals surface area (Å²) in [4.78, 5) is 7.83. The molecule has 1 saturated heterocycles. The fourth-order valence-corrected chi connectivity index (χ4v) is 4.90. The number of nitrogens with zero attached hydrogens (tertiary/aromatic N) is 2. The van der Waals surface area contributed by atoms with E-state index in [0.717, 1.165) is 29.3 Å². The lowest BCUT2D eigenvalue weighted by atomic mass is 9.96. The number of hydrogen-bond acceptors (Lipinski definition) is 2. The van der Waals surface area contributed by atoms with E-state index in [1.165, 1.54) is 69.1 Å². The maximum absolute atomic E-state index is 13.5. The van der Waals surface area contributed by atoms with Crippen LogP contribution < -0.4 is 5.32 Å². The lowest BCUT2D eigenvalue weighted by Gasteiger charge is -2.36. The molecule has 1 unspecified atom stereocenters. The fraction of sp³-hybridized carbons (Fsp3) is 0.464. The van der Waals surface area contributed by atoms with Crippen molar-refractivity contribution >= 4 is 17.2 Å². The SMILES string of the molecule is Cc1ccccc1/C(=C/C(=N/C1CCCCC1)N1CCCCC1C)Nc1ccc(F)cc1. The molecular formula is C28H36FN3. The molecule has 2 aliphatic rings. The van der Waals surface area contributed by atoms with Crippen molar-refractivity contribution in [3.8, 4) is 0 Å². The molecule has 0 bridgehead atoms. The first-order valence-corrected chi connectivity index (χ1v) is 12.2. The van der Waals surface area contributed by atoms with Crippen molar-refractivity contribution in [2.75, 3.05) is 11.9 Å². The van der Waals surface area contributed by atoms with Gasteiger partial charge >= 0.3 is 0 Å². The Morgan fingerprint density at radius 3 is 2.41 bits per heavy atom. The summed E-state index contributed by atoms with van der Waals surface area (Å²) in [5, 5.41) is 3.57. The first-order valence-electron chi connectivity index (χ1n) is 12.2. The molecule has 0 radical (unpaired) electrons. The van der Waals surface area contributed by atoms with E-state index >= 15 is 0 Å². The van der Waals surface area contributed by atoms with Crippen LogP contribution in [0.25, 0.3) is 5.70 Å². The number of anilines is 1. The van der Waals surface area contributed by atoms with Crippen molar-refractivity contribution in [3.05, 3.63) is 71.6 Å². The second-order valence-electron chi connectivity index (χ2n) is 9.32. The Morgan fingerprint density at radius 1 is 0.969 bits per heavy atom. The van der Waals surface area contributed by atoms with Gasteiger partial charge in [0.2, 0.25) is 0 Å². The average Bonchev–Trinajstić information content (AvgIpc) is 2.81. The minimum Gasteiger partial charge on any atom is -0.355 e. The van der Waals surface area contributed by atoms with Crippen molar-refractivity contribution in [1.29, 1.82) is 0 Å². The second-order valence-corrected chi connectivity index (χ2v) is 9.32. The van der Waals surface area contributed by atoms with Gasteiger partial charge in [-0.3, -0.25) is 4.99 Å². The van der Waals surface area contributed by atoms with Crippen LogP contribution in [-0.2, 0) is 0 Å². The zero-order chi connectivity index (χ0) is 22.3. The maximum atomic E-state index is 13.5. The summed E-state index contributed by atoms with van der Waals surface area (Å²) in [6.07, 6.45) is 12.2. The van der Waals surface area contributed by atoms with E-state index < -0.39 is 0 Å². The smallest absolute Gasteiger partial charge is 0.126 e. The van der Waals surface area contributed by atoms with Gasteiger partial charge in [0.05, 0.1) is 6.04 Å². The first kappa shape index (κ1) is 22.6. The molecule has 0 aromatic heterocycles. The second kappa shape index (κ2) is 10.8. The standard InChI is InChI=1S/C28H36FN3/c1-21-10-6-7-14-26(21)27(30-25-17-15-23(29)16-18-25)20-28(31-24-12-4-3-5-13-24)32-19-9-8-11-22(32)2/h6-7,10,14-18,20,22,24,30H,3-5,8-9,11-13,19H2,1-2H3/b27-20-,31-28-. The molecule has 1 aliphatic heterocycles. The van der Waals surface area contributed by atoms with Crippen molar-refractivity contribution in [3.63, 3.8) is 0 Å². The number of halogens is 1. The molecule has 4 heteroatoms. The molecule has 2 aromatic rings. The largest absolute Gasteiger partial charge is 0.355 e. The third-order valence-electron chi connectivity index (χ3n) is 6.82. The van der Waals surface area contributed by atoms with Crippen LogP contribution >= 0.6 is 0 Å². The third kappa shape index (κ3) is 5.79. The number of rotatable bonds is 5. The van der Waals surface area contributed by atoms with Crippen molar-refractivity contribution in [2.45, 2.75) is 77.3 Å². The Bertz CT molecular complexity index is 941. The molecular weight excluding hydrogens is 397 g/mol. The molecule has 170 valence electrons. The van der Waals surface area contributed by atoms with E-state index in [9.17, 15) is 4.39 Å². The van der Waals surface area contributed by atoms with Crippen LogP contribution in [0, 0.1) is 12.7 Å². The molecule has 1 heterocycles. The van der Waals surface area contributed by atoms with Crippen LogP contribution in [0.2, 0.25) is 0 Å². The highest BCUT2D eigenvalue weighted by atomic mass is 19.1. The van der Waals surface area contributed by atoms with E-state index in [1.807, 2.05) is 0 Å². The molecule has 0 spiro atoms. The van der Waals surface area contributed by atoms with Gasteiger partial charge in [0.1, 0.15) is 11.7 Å². The molecule has 2 aromatic carbocycles. The Labute approximate surface area is 192 Å². The number of likely N-dealkylation sites (tertiary alicyclic amines) is 1. The summed E-state index contributed by atoms with van der Waals surface area (Å²) in [6.45, 7) is 5.52. The van der Waals surface area contributed by atoms with Gasteiger partial charge in [-0.05, 0) is 75.8 Å². The molecule has 1 aliphatic carbocycles. The normalized spacial score (nSPS) is 21.0. The van der Waals surface area contributed by atoms with Gasteiger partial charge in [-0.2, -0.15) is 0 Å². The predicted octanol–water partition coefficient (Wildman–Crippen LogP) is 7.19. The minimum absolute atomic E-state index is 0.223. The Hall–Kier alpha value is -2.62. The summed E-state index contributed by atoms with van der Waals surface area (Å²) < 4.78 is 13.5. The quantitative estimate of drug-likeness (QED) is 0.399. The number of piperidine rings is 1. The van der Waals surface area contributed by atoms with Crippen LogP contribution in [0.1, 0.15) is 69.4 Å². The van der Waals surface area contributed by atoms with Gasteiger partial charge in [-0.15, -0.1) is 0 Å². The van der Waals surface area contributed by atoms with Crippen LogP contribution in [-0.4, -0.2) is 29.4 Å². The minimum atomic E-state index is -0.223. The Kier molecular flexibility index (Phi) is 7.62. The van der Waals surface area contributed by atoms with E-state index in [1.54, 1.807) is 12.1 Å². The number of hydrogen-bond donors (Lipinski definition) is 1. The fourth-order valence-electron chi connectivity index (χ4n) is 4.90. The molecule has 3 nitrogen and oxygen atoms in total. The molecule has 2 fully saturated rings. The molecule has 1 N–H and O–H groups in total. The number of benzene rings is 2.